The van der Waals surface area contributed by atoms with E-state index in [1.807, 2.05) is 13.0 Å². The molecule has 1 aliphatic rings. The zero-order chi connectivity index (χ0) is 16.2. The summed E-state index contributed by atoms with van der Waals surface area (Å²) in [6, 6.07) is 2.94. The van der Waals surface area contributed by atoms with Crippen LogP contribution in [0.25, 0.3) is 0 Å². The van der Waals surface area contributed by atoms with Crippen LogP contribution in [0.1, 0.15) is 50.7 Å². The first-order valence-electron chi connectivity index (χ1n) is 8.28. The average Bonchev–Trinajstić information content (AvgIpc) is 2.55. The molecule has 122 valence electrons. The fraction of sp³-hybridized carbons (Fsp3) is 0.529. The number of nitrogens with one attached hydrogen (secondary N) is 1. The summed E-state index contributed by atoms with van der Waals surface area (Å²) >= 11 is 0. The minimum Gasteiger partial charge on any atom is -0.324 e. The molecule has 1 atom stereocenters. The number of hydrogen-bond donors (Lipinski definition) is 1. The minimum atomic E-state index is 0.368. The maximum Gasteiger partial charge on any atom is 0.150 e. The van der Waals surface area contributed by atoms with Gasteiger partial charge in [0.2, 0.25) is 0 Å². The van der Waals surface area contributed by atoms with E-state index < -0.39 is 0 Å². The third-order valence-corrected chi connectivity index (χ3v) is 4.23. The number of likely N-dealkylation sites (tertiary alicyclic amines) is 1. The normalized spacial score (nSPS) is 19.0. The molecule has 0 radical (unpaired) electrons. The topological polar surface area (TPSA) is 66.8 Å². The van der Waals surface area contributed by atoms with E-state index in [1.54, 1.807) is 18.6 Å². The zero-order valence-corrected chi connectivity index (χ0v) is 14.0. The molecule has 0 bridgehead atoms. The van der Waals surface area contributed by atoms with Crippen LogP contribution in [0.2, 0.25) is 0 Å². The predicted octanol–water partition coefficient (Wildman–Crippen LogP) is 3.25. The molecule has 2 aromatic heterocycles. The molecule has 1 saturated heterocycles. The number of rotatable bonds is 4. The predicted molar refractivity (Wildman–Crippen MR) is 90.5 cm³/mol. The standard InChI is InChI=1S/C17H24N6/c1-12(2)23-9-5-4-6-15(23)14-10-16(21-13(3)20-14)22-17-11-18-7-8-19-17/h7-8,10-12,15H,4-6,9H2,1-3H3,(H,19,20,21,22)/t15-/m0/s1. The Hall–Kier alpha value is -2.08. The highest BCUT2D eigenvalue weighted by molar-refractivity contribution is 5.50. The largest absolute Gasteiger partial charge is 0.324 e. The molecule has 1 aliphatic heterocycles. The Balaban J connectivity index is 1.87. The fourth-order valence-electron chi connectivity index (χ4n) is 3.21. The Morgan fingerprint density at radius 3 is 2.78 bits per heavy atom. The number of nitrogens with zero attached hydrogens (tertiary/aromatic N) is 5. The van der Waals surface area contributed by atoms with Crippen LogP contribution < -0.4 is 5.32 Å². The van der Waals surface area contributed by atoms with Crippen LogP contribution in [0, 0.1) is 6.92 Å². The fourth-order valence-corrected chi connectivity index (χ4v) is 3.21. The molecule has 0 amide bonds. The van der Waals surface area contributed by atoms with Gasteiger partial charge < -0.3 is 5.32 Å². The summed E-state index contributed by atoms with van der Waals surface area (Å²) in [5, 5.41) is 3.23. The summed E-state index contributed by atoms with van der Waals surface area (Å²) in [5.41, 5.74) is 1.09. The second-order valence-electron chi connectivity index (χ2n) is 6.28. The lowest BCUT2D eigenvalue weighted by Crippen LogP contribution is -2.39. The Morgan fingerprint density at radius 1 is 1.17 bits per heavy atom. The van der Waals surface area contributed by atoms with Gasteiger partial charge in [-0.1, -0.05) is 6.42 Å². The van der Waals surface area contributed by atoms with Crippen LogP contribution >= 0.6 is 0 Å². The van der Waals surface area contributed by atoms with Gasteiger partial charge in [0, 0.05) is 24.5 Å². The summed E-state index contributed by atoms with van der Waals surface area (Å²) in [7, 11) is 0. The van der Waals surface area contributed by atoms with E-state index in [9.17, 15) is 0 Å². The van der Waals surface area contributed by atoms with Gasteiger partial charge >= 0.3 is 0 Å². The maximum absolute atomic E-state index is 4.70. The summed E-state index contributed by atoms with van der Waals surface area (Å²) < 4.78 is 0. The van der Waals surface area contributed by atoms with Crippen molar-refractivity contribution in [3.05, 3.63) is 36.2 Å². The lowest BCUT2D eigenvalue weighted by molar-refractivity contribution is 0.109. The van der Waals surface area contributed by atoms with E-state index in [-0.39, 0.29) is 0 Å². The minimum absolute atomic E-state index is 0.368. The van der Waals surface area contributed by atoms with Gasteiger partial charge in [-0.2, -0.15) is 0 Å². The molecule has 6 nitrogen and oxygen atoms in total. The molecule has 1 fully saturated rings. The van der Waals surface area contributed by atoms with Crippen LogP contribution in [0.4, 0.5) is 11.6 Å². The van der Waals surface area contributed by atoms with Gasteiger partial charge in [-0.15, -0.1) is 0 Å². The molecule has 6 heteroatoms. The second-order valence-corrected chi connectivity index (χ2v) is 6.28. The maximum atomic E-state index is 4.70. The van der Waals surface area contributed by atoms with E-state index in [0.717, 1.165) is 30.3 Å². The molecule has 0 aliphatic carbocycles. The molecule has 2 aromatic rings. The highest BCUT2D eigenvalue weighted by Crippen LogP contribution is 2.32. The van der Waals surface area contributed by atoms with Crippen molar-refractivity contribution in [1.29, 1.82) is 0 Å². The third-order valence-electron chi connectivity index (χ3n) is 4.23. The highest BCUT2D eigenvalue weighted by Gasteiger charge is 2.27. The number of hydrogen-bond acceptors (Lipinski definition) is 6. The number of aryl methyl sites for hydroxylation is 1. The smallest absolute Gasteiger partial charge is 0.150 e. The van der Waals surface area contributed by atoms with E-state index in [0.29, 0.717) is 17.9 Å². The molecule has 1 N–H and O–H groups in total. The van der Waals surface area contributed by atoms with Gasteiger partial charge in [-0.05, 0) is 40.2 Å². The highest BCUT2D eigenvalue weighted by atomic mass is 15.2. The molecule has 0 spiro atoms. The molecular weight excluding hydrogens is 288 g/mol. The van der Waals surface area contributed by atoms with Gasteiger partial charge in [0.05, 0.1) is 17.9 Å². The lowest BCUT2D eigenvalue weighted by Gasteiger charge is -2.38. The summed E-state index contributed by atoms with van der Waals surface area (Å²) in [5.74, 6) is 2.26. The zero-order valence-electron chi connectivity index (χ0n) is 14.0. The van der Waals surface area contributed by atoms with Crippen LogP contribution in [-0.2, 0) is 0 Å². The first-order chi connectivity index (χ1) is 11.1. The monoisotopic (exact) mass is 312 g/mol. The van der Waals surface area contributed by atoms with Gasteiger partial charge in [-0.25, -0.2) is 15.0 Å². The van der Waals surface area contributed by atoms with Crippen LogP contribution in [0.3, 0.4) is 0 Å². The van der Waals surface area contributed by atoms with Crippen molar-refractivity contribution in [1.82, 2.24) is 24.8 Å². The van der Waals surface area contributed by atoms with Crippen LogP contribution in [0.5, 0.6) is 0 Å². The van der Waals surface area contributed by atoms with Crippen LogP contribution in [0.15, 0.2) is 24.7 Å². The third kappa shape index (κ3) is 3.82. The van der Waals surface area contributed by atoms with Crippen molar-refractivity contribution in [3.8, 4) is 0 Å². The first kappa shape index (κ1) is 15.8. The summed E-state index contributed by atoms with van der Waals surface area (Å²) in [6.45, 7) is 7.59. The Morgan fingerprint density at radius 2 is 2.04 bits per heavy atom. The number of aromatic nitrogens is 4. The van der Waals surface area contributed by atoms with Crippen molar-refractivity contribution in [3.63, 3.8) is 0 Å². The van der Waals surface area contributed by atoms with Crippen molar-refractivity contribution in [2.75, 3.05) is 11.9 Å². The number of anilines is 2. The van der Waals surface area contributed by atoms with E-state index in [2.05, 4.69) is 39.0 Å². The molecular formula is C17H24N6. The molecule has 23 heavy (non-hydrogen) atoms. The second kappa shape index (κ2) is 7.00. The summed E-state index contributed by atoms with van der Waals surface area (Å²) in [4.78, 5) is 20.0. The van der Waals surface area contributed by atoms with Gasteiger partial charge in [0.1, 0.15) is 17.5 Å². The number of piperidine rings is 1. The van der Waals surface area contributed by atoms with Crippen molar-refractivity contribution >= 4 is 11.6 Å². The van der Waals surface area contributed by atoms with E-state index >= 15 is 0 Å². The first-order valence-corrected chi connectivity index (χ1v) is 8.28. The average molecular weight is 312 g/mol. The molecule has 0 unspecified atom stereocenters. The molecule has 3 rings (SSSR count). The Bertz CT molecular complexity index is 643. The SMILES string of the molecule is Cc1nc(Nc2cnccn2)cc([C@@H]2CCCCN2C(C)C)n1. The molecule has 3 heterocycles. The van der Waals surface area contributed by atoms with Crippen molar-refractivity contribution < 1.29 is 0 Å². The Labute approximate surface area is 137 Å². The van der Waals surface area contributed by atoms with Gasteiger partial charge in [0.15, 0.2) is 0 Å². The van der Waals surface area contributed by atoms with E-state index in [1.165, 1.54) is 12.8 Å². The lowest BCUT2D eigenvalue weighted by atomic mass is 9.97. The van der Waals surface area contributed by atoms with Crippen molar-refractivity contribution in [2.24, 2.45) is 0 Å². The summed E-state index contributed by atoms with van der Waals surface area (Å²) in [6.07, 6.45) is 8.69. The van der Waals surface area contributed by atoms with Crippen LogP contribution in [-0.4, -0.2) is 37.4 Å². The van der Waals surface area contributed by atoms with Crippen molar-refractivity contribution in [2.45, 2.75) is 52.1 Å². The quantitative estimate of drug-likeness (QED) is 0.934. The van der Waals surface area contributed by atoms with Gasteiger partial charge in [-0.3, -0.25) is 9.88 Å². The van der Waals surface area contributed by atoms with Gasteiger partial charge in [0.25, 0.3) is 0 Å². The Kier molecular flexibility index (Phi) is 4.81. The molecule has 0 aromatic carbocycles. The van der Waals surface area contributed by atoms with E-state index in [4.69, 9.17) is 4.98 Å². The molecule has 0 saturated carbocycles.